The normalized spacial score (nSPS) is 14.5. The number of phosphoric acid groups is 1. The van der Waals surface area contributed by atoms with E-state index >= 15 is 0 Å². The van der Waals surface area contributed by atoms with Crippen LogP contribution in [-0.4, -0.2) is 86.1 Å². The molecule has 3 atom stereocenters. The highest BCUT2D eigenvalue weighted by molar-refractivity contribution is 7.47. The molecule has 0 aliphatic carbocycles. The fraction of sp³-hybridized carbons (Fsp3) is 0.708. The molecule has 2 N–H and O–H groups in total. The number of phosphoric ester groups is 1. The first-order chi connectivity index (χ1) is 28.7. The van der Waals surface area contributed by atoms with Gasteiger partial charge in [0.2, 0.25) is 0 Å². The topological polar surface area (TPSA) is 142 Å². The minimum atomic E-state index is -4.41. The number of hydrogen-bond donors (Lipinski definition) is 2. The first-order valence-corrected chi connectivity index (χ1v) is 24.3. The molecule has 1 unspecified atom stereocenters. The predicted molar refractivity (Wildman–Crippen MR) is 243 cm³/mol. The fourth-order valence-corrected chi connectivity index (χ4v) is 7.02. The number of carbonyl (C=O) groups excluding carboxylic acids is 2. The van der Waals surface area contributed by atoms with Crippen LogP contribution in [0.5, 0.6) is 0 Å². The third kappa shape index (κ3) is 30.3. The maximum Gasteiger partial charge on any atom is 0.472 e. The molecule has 0 spiro atoms. The fourth-order valence-electron chi connectivity index (χ4n) is 6.28. The summed E-state index contributed by atoms with van der Waals surface area (Å²) in [4.78, 5) is 35.5. The van der Waals surface area contributed by atoms with Crippen molar-refractivity contribution in [2.45, 2.75) is 175 Å². The van der Waals surface area contributed by atoms with Gasteiger partial charge in [-0.2, -0.15) is 0 Å². The molecule has 0 amide bonds. The number of allylic oxidation sites excluding steroid dienone is 7. The van der Waals surface area contributed by atoms with Crippen molar-refractivity contribution in [1.82, 2.24) is 0 Å². The third-order valence-corrected chi connectivity index (χ3v) is 11.1. The molecule has 12 heteroatoms. The van der Waals surface area contributed by atoms with Crippen molar-refractivity contribution in [2.75, 3.05) is 47.5 Å². The Morgan fingerprint density at radius 3 is 2.00 bits per heavy atom. The van der Waals surface area contributed by atoms with Gasteiger partial charge in [0.15, 0.2) is 6.10 Å². The minimum absolute atomic E-state index is 0.00661. The third-order valence-electron chi connectivity index (χ3n) is 10.1. The van der Waals surface area contributed by atoms with Gasteiger partial charge in [-0.15, -0.1) is 0 Å². The van der Waals surface area contributed by atoms with E-state index in [0.717, 1.165) is 101 Å². The molecule has 0 aliphatic rings. The smallest absolute Gasteiger partial charge is 0.466 e. The number of unbranched alkanes of at least 4 members (excludes halogenated alkanes) is 10. The first kappa shape index (κ1) is 55.2. The van der Waals surface area contributed by atoms with E-state index < -0.39 is 32.5 Å². The number of esters is 2. The summed E-state index contributed by atoms with van der Waals surface area (Å²) in [6.45, 7) is 8.42. The van der Waals surface area contributed by atoms with Crippen LogP contribution >= 0.6 is 7.82 Å². The highest BCUT2D eigenvalue weighted by atomic mass is 31.2. The number of aliphatic hydroxyl groups excluding tert-OH is 1. The van der Waals surface area contributed by atoms with E-state index in [0.29, 0.717) is 30.3 Å². The Hall–Kier alpha value is -2.79. The second-order valence-electron chi connectivity index (χ2n) is 16.9. The molecule has 0 saturated heterocycles. The molecule has 0 radical (unpaired) electrons. The zero-order valence-electron chi connectivity index (χ0n) is 38.5. The van der Waals surface area contributed by atoms with Crippen molar-refractivity contribution in [1.29, 1.82) is 0 Å². The molecule has 0 fully saturated rings. The van der Waals surface area contributed by atoms with Gasteiger partial charge < -0.3 is 28.4 Å². The van der Waals surface area contributed by atoms with Gasteiger partial charge in [0.1, 0.15) is 31.3 Å². The van der Waals surface area contributed by atoms with E-state index in [2.05, 4.69) is 45.9 Å². The van der Waals surface area contributed by atoms with Gasteiger partial charge in [-0.3, -0.25) is 18.6 Å². The summed E-state index contributed by atoms with van der Waals surface area (Å²) < 4.78 is 40.4. The monoisotopic (exact) mass is 865 g/mol. The summed E-state index contributed by atoms with van der Waals surface area (Å²) >= 11 is 0. The van der Waals surface area contributed by atoms with Crippen molar-refractivity contribution in [3.8, 4) is 0 Å². The van der Waals surface area contributed by atoms with Gasteiger partial charge in [-0.1, -0.05) is 120 Å². The van der Waals surface area contributed by atoms with Crippen LogP contribution in [0.15, 0.2) is 53.0 Å². The average Bonchev–Trinajstić information content (AvgIpc) is 3.45. The minimum Gasteiger partial charge on any atom is -0.466 e. The molecule has 1 rings (SSSR count). The Kier molecular flexibility index (Phi) is 31.1. The molecular weight excluding hydrogens is 781 g/mol. The van der Waals surface area contributed by atoms with Crippen LogP contribution in [0.3, 0.4) is 0 Å². The van der Waals surface area contributed by atoms with E-state index in [4.69, 9.17) is 22.9 Å². The molecule has 0 saturated carbocycles. The Bertz CT molecular complexity index is 1460. The van der Waals surface area contributed by atoms with E-state index in [1.807, 2.05) is 51.5 Å². The highest BCUT2D eigenvalue weighted by Crippen LogP contribution is 2.43. The van der Waals surface area contributed by atoms with Crippen molar-refractivity contribution < 1.29 is 51.6 Å². The number of likely N-dealkylation sites (N-methyl/N-ethyl adjacent to an activating group) is 1. The number of aryl methyl sites for hydroxylation is 2. The maximum atomic E-state index is 12.8. The first-order valence-electron chi connectivity index (χ1n) is 22.8. The van der Waals surface area contributed by atoms with E-state index in [1.165, 1.54) is 24.0 Å². The van der Waals surface area contributed by atoms with Gasteiger partial charge in [0.05, 0.1) is 33.9 Å². The van der Waals surface area contributed by atoms with Crippen molar-refractivity contribution in [3.05, 3.63) is 71.3 Å². The summed E-state index contributed by atoms with van der Waals surface area (Å²) in [6.07, 6.45) is 33.4. The second-order valence-corrected chi connectivity index (χ2v) is 18.3. The second kappa shape index (κ2) is 33.8. The average molecular weight is 865 g/mol. The maximum absolute atomic E-state index is 12.8. The number of nitrogens with zero attached hydrogens (tertiary/aromatic N) is 1. The van der Waals surface area contributed by atoms with Crippen LogP contribution in [0, 0.1) is 13.8 Å². The molecule has 0 bridgehead atoms. The summed E-state index contributed by atoms with van der Waals surface area (Å²) in [7, 11) is 1.39. The number of quaternary nitrogens is 1. The lowest BCUT2D eigenvalue weighted by Crippen LogP contribution is -2.37. The lowest BCUT2D eigenvalue weighted by atomic mass is 10.0. The Balaban J connectivity index is 2.39. The predicted octanol–water partition coefficient (Wildman–Crippen LogP) is 11.3. The van der Waals surface area contributed by atoms with E-state index in [1.54, 1.807) is 0 Å². The SMILES string of the molecule is CCCCC[C@@H](O)/C=C/C=C\C/C=C\C/C=C\CCCC(=O)OC[C@H](COP(=O)(O)OCC[N+](C)(C)C)OC(=O)CCCCCCCCCCc1oc(CCC)c(C)c1C. The van der Waals surface area contributed by atoms with Gasteiger partial charge in [-0.05, 0) is 76.3 Å². The van der Waals surface area contributed by atoms with E-state index in [9.17, 15) is 24.2 Å². The van der Waals surface area contributed by atoms with Crippen LogP contribution < -0.4 is 0 Å². The molecular formula is C48H83NO10P+. The van der Waals surface area contributed by atoms with Crippen LogP contribution in [0.4, 0.5) is 0 Å². The number of carbonyl (C=O) groups is 2. The molecule has 344 valence electrons. The summed E-state index contributed by atoms with van der Waals surface area (Å²) in [5.41, 5.74) is 2.61. The van der Waals surface area contributed by atoms with Gasteiger partial charge in [-0.25, -0.2) is 4.57 Å². The number of ether oxygens (including phenoxy) is 2. The number of furan rings is 1. The van der Waals surface area contributed by atoms with Crippen LogP contribution in [0.1, 0.15) is 158 Å². The lowest BCUT2D eigenvalue weighted by molar-refractivity contribution is -0.870. The van der Waals surface area contributed by atoms with Crippen LogP contribution in [-0.2, 0) is 45.5 Å². The number of hydrogen-bond acceptors (Lipinski definition) is 9. The molecule has 1 heterocycles. The van der Waals surface area contributed by atoms with E-state index in [-0.39, 0.29) is 32.2 Å². The standard InChI is InChI=1S/C48H82NO10P/c1-8-10-26-32-43(50)33-27-22-18-14-12-11-13-15-20-24-29-35-47(51)55-39-44(40-57-60(53,54)56-38-37-49(5,6)7)58-48(52)36-30-25-21-17-16-19-23-28-34-46-42(4)41(3)45(59-46)31-9-2/h11-12,15,18,20,22,27,33,43-44,50H,8-10,13-14,16-17,19,21,23-26,28-32,34-40H2,1-7H3/p+1/b12-11-,20-15-,22-18-,33-27+/t43-,44-/m1/s1. The summed E-state index contributed by atoms with van der Waals surface area (Å²) in [5.74, 6) is 1.37. The summed E-state index contributed by atoms with van der Waals surface area (Å²) in [5, 5.41) is 9.91. The molecule has 1 aromatic heterocycles. The Morgan fingerprint density at radius 2 is 1.33 bits per heavy atom. The number of rotatable bonds is 37. The lowest BCUT2D eigenvalue weighted by Gasteiger charge is -2.24. The van der Waals surface area contributed by atoms with Crippen LogP contribution in [0.25, 0.3) is 0 Å². The van der Waals surface area contributed by atoms with Crippen molar-refractivity contribution in [2.24, 2.45) is 0 Å². The molecule has 0 aromatic carbocycles. The van der Waals surface area contributed by atoms with Gasteiger partial charge in [0.25, 0.3) is 0 Å². The quantitative estimate of drug-likeness (QED) is 0.0166. The van der Waals surface area contributed by atoms with Gasteiger partial charge in [0, 0.05) is 25.7 Å². The van der Waals surface area contributed by atoms with Crippen molar-refractivity contribution in [3.63, 3.8) is 0 Å². The zero-order valence-corrected chi connectivity index (χ0v) is 39.4. The molecule has 1 aromatic rings. The molecule has 11 nitrogen and oxygen atoms in total. The van der Waals surface area contributed by atoms with Crippen molar-refractivity contribution >= 4 is 19.8 Å². The molecule has 0 aliphatic heterocycles. The molecule has 60 heavy (non-hydrogen) atoms. The largest absolute Gasteiger partial charge is 0.472 e. The highest BCUT2D eigenvalue weighted by Gasteiger charge is 2.27. The van der Waals surface area contributed by atoms with Gasteiger partial charge >= 0.3 is 19.8 Å². The number of aliphatic hydroxyl groups is 1. The Morgan fingerprint density at radius 1 is 0.717 bits per heavy atom. The Labute approximate surface area is 363 Å². The zero-order chi connectivity index (χ0) is 44.5. The van der Waals surface area contributed by atoms with Crippen LogP contribution in [0.2, 0.25) is 0 Å². The summed E-state index contributed by atoms with van der Waals surface area (Å²) in [6, 6.07) is 0.